The number of sulfonamides is 1. The van der Waals surface area contributed by atoms with Crippen LogP contribution in [-0.2, 0) is 26.1 Å². The molecule has 1 aromatic rings. The minimum atomic E-state index is -5.08. The SMILES string of the molecule is COc1ccc(CN2C[C@@H]3CCCO[C@@H]3[C@H](NS(C)(=O)=O)C2)cc1.O=C(O)C(F)(F)F. The Morgan fingerprint density at radius 2 is 1.90 bits per heavy atom. The predicted molar refractivity (Wildman–Crippen MR) is 106 cm³/mol. The first-order valence-electron chi connectivity index (χ1n) is 9.63. The summed E-state index contributed by atoms with van der Waals surface area (Å²) >= 11 is 0. The number of nitrogens with one attached hydrogen (secondary N) is 1. The van der Waals surface area contributed by atoms with E-state index in [1.807, 2.05) is 12.1 Å². The molecule has 0 bridgehead atoms. The maximum Gasteiger partial charge on any atom is 0.490 e. The third-order valence-electron chi connectivity index (χ3n) is 5.01. The molecule has 2 saturated heterocycles. The summed E-state index contributed by atoms with van der Waals surface area (Å²) in [5, 5.41) is 7.12. The van der Waals surface area contributed by atoms with Gasteiger partial charge in [0.25, 0.3) is 0 Å². The number of likely N-dealkylation sites (tertiary alicyclic amines) is 1. The highest BCUT2D eigenvalue weighted by atomic mass is 32.2. The Kier molecular flexibility index (Phi) is 8.69. The summed E-state index contributed by atoms with van der Waals surface area (Å²) in [6.45, 7) is 3.13. The molecule has 1 aromatic carbocycles. The Bertz CT molecular complexity index is 832. The number of rotatable bonds is 5. The van der Waals surface area contributed by atoms with Crippen LogP contribution in [0.15, 0.2) is 24.3 Å². The van der Waals surface area contributed by atoms with Crippen molar-refractivity contribution in [2.24, 2.45) is 5.92 Å². The molecule has 2 aliphatic heterocycles. The molecule has 0 saturated carbocycles. The molecule has 2 aliphatic rings. The number of nitrogens with zero attached hydrogens (tertiary/aromatic N) is 1. The first-order chi connectivity index (χ1) is 14.4. The van der Waals surface area contributed by atoms with Crippen LogP contribution in [0.1, 0.15) is 18.4 Å². The normalized spacial score (nSPS) is 24.5. The molecular formula is C19H27F3N2O6S. The predicted octanol–water partition coefficient (Wildman–Crippen LogP) is 1.86. The summed E-state index contributed by atoms with van der Waals surface area (Å²) < 4.78 is 69.0. The Hall–Kier alpha value is -1.89. The summed E-state index contributed by atoms with van der Waals surface area (Å²) in [4.78, 5) is 11.2. The lowest BCUT2D eigenvalue weighted by atomic mass is 9.85. The van der Waals surface area contributed by atoms with Gasteiger partial charge < -0.3 is 14.6 Å². The van der Waals surface area contributed by atoms with Gasteiger partial charge in [-0.05, 0) is 36.5 Å². The fraction of sp³-hybridized carbons (Fsp3) is 0.632. The van der Waals surface area contributed by atoms with Crippen LogP contribution < -0.4 is 9.46 Å². The number of fused-ring (bicyclic) bond motifs is 1. The molecule has 0 unspecified atom stereocenters. The summed E-state index contributed by atoms with van der Waals surface area (Å²) in [6, 6.07) is 7.84. The van der Waals surface area contributed by atoms with Gasteiger partial charge >= 0.3 is 12.1 Å². The third kappa shape index (κ3) is 8.28. The van der Waals surface area contributed by atoms with Crippen LogP contribution in [0.4, 0.5) is 13.2 Å². The van der Waals surface area contributed by atoms with Crippen molar-refractivity contribution in [3.63, 3.8) is 0 Å². The van der Waals surface area contributed by atoms with Crippen molar-refractivity contribution in [1.29, 1.82) is 0 Å². The molecule has 0 aliphatic carbocycles. The Morgan fingerprint density at radius 3 is 2.42 bits per heavy atom. The van der Waals surface area contributed by atoms with Crippen molar-refractivity contribution in [3.05, 3.63) is 29.8 Å². The van der Waals surface area contributed by atoms with Crippen molar-refractivity contribution in [2.45, 2.75) is 37.7 Å². The van der Waals surface area contributed by atoms with Gasteiger partial charge in [0.2, 0.25) is 10.0 Å². The van der Waals surface area contributed by atoms with Crippen molar-refractivity contribution < 1.29 is 41.0 Å². The van der Waals surface area contributed by atoms with E-state index >= 15 is 0 Å². The van der Waals surface area contributed by atoms with Gasteiger partial charge in [0, 0.05) is 26.2 Å². The molecule has 3 rings (SSSR count). The molecule has 2 N–H and O–H groups in total. The maximum atomic E-state index is 11.7. The Morgan fingerprint density at radius 1 is 1.29 bits per heavy atom. The van der Waals surface area contributed by atoms with Crippen LogP contribution >= 0.6 is 0 Å². The van der Waals surface area contributed by atoms with E-state index in [0.717, 1.165) is 38.3 Å². The number of carbonyl (C=O) groups is 1. The molecule has 0 aromatic heterocycles. The number of carboxylic acid groups (broad SMARTS) is 1. The van der Waals surface area contributed by atoms with E-state index in [4.69, 9.17) is 19.4 Å². The maximum absolute atomic E-state index is 11.7. The van der Waals surface area contributed by atoms with Crippen LogP contribution in [0.5, 0.6) is 5.75 Å². The highest BCUT2D eigenvalue weighted by Gasteiger charge is 2.40. The van der Waals surface area contributed by atoms with E-state index in [9.17, 15) is 21.6 Å². The minimum absolute atomic E-state index is 0.0133. The largest absolute Gasteiger partial charge is 0.497 e. The Balaban J connectivity index is 0.000000423. The number of alkyl halides is 3. The molecule has 0 radical (unpaired) electrons. The van der Waals surface area contributed by atoms with Gasteiger partial charge in [-0.1, -0.05) is 12.1 Å². The number of carboxylic acids is 1. The fourth-order valence-corrected chi connectivity index (χ4v) is 4.55. The zero-order valence-corrected chi connectivity index (χ0v) is 18.1. The van der Waals surface area contributed by atoms with Crippen molar-refractivity contribution in [2.75, 3.05) is 33.1 Å². The van der Waals surface area contributed by atoms with Gasteiger partial charge in [-0.15, -0.1) is 0 Å². The molecule has 3 atom stereocenters. The number of halogens is 3. The van der Waals surface area contributed by atoms with E-state index in [0.29, 0.717) is 12.5 Å². The third-order valence-corrected chi connectivity index (χ3v) is 5.74. The Labute approximate surface area is 179 Å². The quantitative estimate of drug-likeness (QED) is 0.680. The lowest BCUT2D eigenvalue weighted by Gasteiger charge is -2.45. The highest BCUT2D eigenvalue weighted by Crippen LogP contribution is 2.30. The molecule has 2 heterocycles. The average molecular weight is 468 g/mol. The van der Waals surface area contributed by atoms with Gasteiger partial charge in [0.15, 0.2) is 0 Å². The standard InChI is InChI=1S/C17H26N2O4S.C2HF3O2/c1-22-15-7-5-13(6-8-15)10-19-11-14-4-3-9-23-17(14)16(12-19)18-24(2,20)21;3-2(4,5)1(6)7/h5-8,14,16-18H,3-4,9-12H2,1-2H3;(H,6,7)/t14-,16+,17-;/m0./s1. The summed E-state index contributed by atoms with van der Waals surface area (Å²) in [6.07, 6.45) is -1.75. The number of methoxy groups -OCH3 is 1. The zero-order valence-electron chi connectivity index (χ0n) is 17.3. The van der Waals surface area contributed by atoms with Crippen molar-refractivity contribution >= 4 is 16.0 Å². The molecule has 31 heavy (non-hydrogen) atoms. The first-order valence-corrected chi connectivity index (χ1v) is 11.5. The smallest absolute Gasteiger partial charge is 0.490 e. The second kappa shape index (κ2) is 10.6. The number of ether oxygens (including phenoxy) is 2. The molecule has 8 nitrogen and oxygen atoms in total. The molecule has 176 valence electrons. The second-order valence-corrected chi connectivity index (χ2v) is 9.36. The zero-order chi connectivity index (χ0) is 23.2. The second-order valence-electron chi connectivity index (χ2n) is 7.58. The number of piperidine rings is 1. The molecule has 0 spiro atoms. The van der Waals surface area contributed by atoms with Crippen molar-refractivity contribution in [1.82, 2.24) is 9.62 Å². The molecular weight excluding hydrogens is 441 g/mol. The van der Waals surface area contributed by atoms with E-state index in [2.05, 4.69) is 21.8 Å². The average Bonchev–Trinajstić information content (AvgIpc) is 2.67. The van der Waals surface area contributed by atoms with E-state index in [1.165, 1.54) is 11.8 Å². The van der Waals surface area contributed by atoms with Crippen molar-refractivity contribution in [3.8, 4) is 5.75 Å². The van der Waals surface area contributed by atoms with Crippen LogP contribution in [0.25, 0.3) is 0 Å². The van der Waals surface area contributed by atoms with Crippen LogP contribution in [0.3, 0.4) is 0 Å². The van der Waals surface area contributed by atoms with Crippen LogP contribution in [0.2, 0.25) is 0 Å². The fourth-order valence-electron chi connectivity index (χ4n) is 3.79. The lowest BCUT2D eigenvalue weighted by Crippen LogP contribution is -2.60. The molecule has 0 amide bonds. The monoisotopic (exact) mass is 468 g/mol. The lowest BCUT2D eigenvalue weighted by molar-refractivity contribution is -0.192. The van der Waals surface area contributed by atoms with Gasteiger partial charge in [-0.25, -0.2) is 17.9 Å². The minimum Gasteiger partial charge on any atom is -0.497 e. The first kappa shape index (κ1) is 25.4. The van der Waals surface area contributed by atoms with Gasteiger partial charge in [0.1, 0.15) is 5.75 Å². The highest BCUT2D eigenvalue weighted by molar-refractivity contribution is 7.88. The van der Waals surface area contributed by atoms with Crippen LogP contribution in [0, 0.1) is 5.92 Å². The van der Waals surface area contributed by atoms with Gasteiger partial charge in [-0.3, -0.25) is 4.90 Å². The van der Waals surface area contributed by atoms with Crippen LogP contribution in [-0.4, -0.2) is 75.8 Å². The summed E-state index contributed by atoms with van der Waals surface area (Å²) in [7, 11) is -1.60. The number of hydrogen-bond donors (Lipinski definition) is 2. The number of aliphatic carboxylic acids is 1. The van der Waals surface area contributed by atoms with E-state index in [-0.39, 0.29) is 12.1 Å². The molecule has 2 fully saturated rings. The van der Waals surface area contributed by atoms with E-state index in [1.54, 1.807) is 7.11 Å². The number of benzene rings is 1. The summed E-state index contributed by atoms with van der Waals surface area (Å²) in [5.74, 6) is -1.53. The van der Waals surface area contributed by atoms with Gasteiger partial charge in [-0.2, -0.15) is 13.2 Å². The molecule has 12 heteroatoms. The topological polar surface area (TPSA) is 105 Å². The van der Waals surface area contributed by atoms with Gasteiger partial charge in [0.05, 0.1) is 25.5 Å². The van der Waals surface area contributed by atoms with E-state index < -0.39 is 22.2 Å². The summed E-state index contributed by atoms with van der Waals surface area (Å²) in [5.41, 5.74) is 1.20. The number of hydrogen-bond acceptors (Lipinski definition) is 6.